The van der Waals surface area contributed by atoms with Crippen molar-refractivity contribution in [1.29, 1.82) is 0 Å². The molecule has 0 amide bonds. The number of rotatable bonds is 15. The molecule has 18 nitrogen and oxygen atoms in total. The fourth-order valence-electron chi connectivity index (χ4n) is 6.36. The van der Waals surface area contributed by atoms with Crippen molar-refractivity contribution in [3.8, 4) is 11.5 Å². The molecule has 9 N–H and O–H groups in total. The summed E-state index contributed by atoms with van der Waals surface area (Å²) in [6.45, 7) is 0.183. The highest BCUT2D eigenvalue weighted by Crippen LogP contribution is 2.36. The number of carbonyl (C=O) groups excluding carboxylic acids is 2. The van der Waals surface area contributed by atoms with E-state index in [-0.39, 0.29) is 42.3 Å². The van der Waals surface area contributed by atoms with Crippen molar-refractivity contribution < 1.29 is 88.7 Å². The Bertz CT molecular complexity index is 1640. The number of aliphatic hydroxyl groups excluding tert-OH is 7. The molecule has 18 heteroatoms. The minimum atomic E-state index is -1.79. The number of phenols is 2. The van der Waals surface area contributed by atoms with E-state index in [0.29, 0.717) is 6.42 Å². The molecular weight excluding hydrogens is 744 g/mol. The molecule has 5 rings (SSSR count). The summed E-state index contributed by atoms with van der Waals surface area (Å²) in [4.78, 5) is 26.9. The smallest absolute Gasteiger partial charge is 0.337 e. The van der Waals surface area contributed by atoms with E-state index in [1.54, 1.807) is 31.2 Å². The second-order valence-electron chi connectivity index (χ2n) is 13.5. The van der Waals surface area contributed by atoms with Gasteiger partial charge in [-0.25, -0.2) is 4.79 Å². The maximum atomic E-state index is 13.4. The Balaban J connectivity index is 1.26. The van der Waals surface area contributed by atoms with Crippen LogP contribution in [0.2, 0.25) is 0 Å². The standard InChI is InChI=1S/C38H48O18/c1-2-23-24(15-28(42)52-18-27-30(44)32(46)33(47)37(55-27)51-14-12-20-5-9-22(41)10-6-20)25(35(49)50-13-11-19-3-7-21(40)8-4-19)17-53-36(23)56-38-34(48)31(45)29(43)26(16-39)54-38/h2-10,17,24,26-27,29-34,36-41,43-48H,11-16,18H2,1H3/b23-2+/t24-,26-,27-,29+,30+,31+,32-,33+,34+,36+,37+,38-/m1/s1. The first kappa shape index (κ1) is 43.0. The Labute approximate surface area is 321 Å². The molecule has 308 valence electrons. The number of aliphatic hydroxyl groups is 7. The third-order valence-corrected chi connectivity index (χ3v) is 9.66. The molecule has 0 radical (unpaired) electrons. The quantitative estimate of drug-likeness (QED) is 0.0757. The zero-order valence-electron chi connectivity index (χ0n) is 30.4. The van der Waals surface area contributed by atoms with Gasteiger partial charge in [-0.15, -0.1) is 0 Å². The van der Waals surface area contributed by atoms with Crippen LogP contribution in [-0.4, -0.2) is 152 Å². The average Bonchev–Trinajstić information content (AvgIpc) is 3.19. The average molecular weight is 793 g/mol. The summed E-state index contributed by atoms with van der Waals surface area (Å²) in [6.07, 6.45) is -14.7. The maximum Gasteiger partial charge on any atom is 0.337 e. The normalized spacial score (nSPS) is 32.6. The number of allylic oxidation sites excluding steroid dienone is 1. The van der Waals surface area contributed by atoms with Crippen LogP contribution in [0.25, 0.3) is 0 Å². The van der Waals surface area contributed by atoms with Crippen LogP contribution in [0, 0.1) is 5.92 Å². The second kappa shape index (κ2) is 19.8. The summed E-state index contributed by atoms with van der Waals surface area (Å²) < 4.78 is 39.2. The van der Waals surface area contributed by atoms with Gasteiger partial charge in [0.2, 0.25) is 6.29 Å². The molecule has 2 fully saturated rings. The Hall–Kier alpha value is -4.18. The number of hydrogen-bond acceptors (Lipinski definition) is 18. The van der Waals surface area contributed by atoms with E-state index in [0.717, 1.165) is 17.4 Å². The number of esters is 2. The van der Waals surface area contributed by atoms with E-state index in [4.69, 9.17) is 33.2 Å². The lowest BCUT2D eigenvalue weighted by molar-refractivity contribution is -0.327. The third kappa shape index (κ3) is 10.6. The topological polar surface area (TPSA) is 281 Å². The Kier molecular flexibility index (Phi) is 15.2. The molecule has 3 aliphatic heterocycles. The molecule has 2 aromatic rings. The van der Waals surface area contributed by atoms with Gasteiger partial charge in [0, 0.05) is 17.9 Å². The molecule has 3 heterocycles. The number of ether oxygens (including phenoxy) is 7. The van der Waals surface area contributed by atoms with Crippen LogP contribution in [0.3, 0.4) is 0 Å². The van der Waals surface area contributed by atoms with Crippen LogP contribution >= 0.6 is 0 Å². The van der Waals surface area contributed by atoms with Gasteiger partial charge in [0.25, 0.3) is 0 Å². The van der Waals surface area contributed by atoms with Crippen LogP contribution in [-0.2, 0) is 55.6 Å². The summed E-state index contributed by atoms with van der Waals surface area (Å²) in [5.74, 6) is -2.74. The first-order valence-electron chi connectivity index (χ1n) is 18.0. The zero-order valence-corrected chi connectivity index (χ0v) is 30.4. The molecule has 0 bridgehead atoms. The van der Waals surface area contributed by atoms with E-state index >= 15 is 0 Å². The van der Waals surface area contributed by atoms with Crippen molar-refractivity contribution in [2.75, 3.05) is 26.4 Å². The molecule has 56 heavy (non-hydrogen) atoms. The highest BCUT2D eigenvalue weighted by Gasteiger charge is 2.48. The van der Waals surface area contributed by atoms with Crippen LogP contribution in [0.1, 0.15) is 24.5 Å². The van der Waals surface area contributed by atoms with Gasteiger partial charge in [0.15, 0.2) is 12.6 Å². The third-order valence-electron chi connectivity index (χ3n) is 9.66. The largest absolute Gasteiger partial charge is 0.508 e. The van der Waals surface area contributed by atoms with Gasteiger partial charge in [0.05, 0.1) is 38.1 Å². The van der Waals surface area contributed by atoms with Gasteiger partial charge in [-0.2, -0.15) is 0 Å². The van der Waals surface area contributed by atoms with Crippen molar-refractivity contribution in [3.63, 3.8) is 0 Å². The molecule has 12 atom stereocenters. The minimum absolute atomic E-state index is 0.0320. The zero-order chi connectivity index (χ0) is 40.5. The number of benzene rings is 2. The summed E-state index contributed by atoms with van der Waals surface area (Å²) in [6, 6.07) is 12.6. The van der Waals surface area contributed by atoms with E-state index in [2.05, 4.69) is 0 Å². The predicted molar refractivity (Wildman–Crippen MR) is 188 cm³/mol. The van der Waals surface area contributed by atoms with Crippen molar-refractivity contribution in [2.24, 2.45) is 5.92 Å². The lowest BCUT2D eigenvalue weighted by Crippen LogP contribution is -2.60. The summed E-state index contributed by atoms with van der Waals surface area (Å²) >= 11 is 0. The Morgan fingerprint density at radius 3 is 1.86 bits per heavy atom. The highest BCUT2D eigenvalue weighted by atomic mass is 16.8. The number of carbonyl (C=O) groups is 2. The minimum Gasteiger partial charge on any atom is -0.508 e. The fourth-order valence-corrected chi connectivity index (χ4v) is 6.36. The van der Waals surface area contributed by atoms with Gasteiger partial charge >= 0.3 is 11.9 Å². The molecule has 0 spiro atoms. The maximum absolute atomic E-state index is 13.4. The second-order valence-corrected chi connectivity index (χ2v) is 13.5. The van der Waals surface area contributed by atoms with Gasteiger partial charge in [-0.05, 0) is 48.7 Å². The van der Waals surface area contributed by atoms with Gasteiger partial charge in [0.1, 0.15) is 66.9 Å². The van der Waals surface area contributed by atoms with Crippen molar-refractivity contribution >= 4 is 11.9 Å². The van der Waals surface area contributed by atoms with Gasteiger partial charge < -0.3 is 79.1 Å². The van der Waals surface area contributed by atoms with Crippen LogP contribution in [0.5, 0.6) is 11.5 Å². The molecule has 0 aromatic heterocycles. The van der Waals surface area contributed by atoms with Crippen LogP contribution in [0.15, 0.2) is 72.0 Å². The SMILES string of the molecule is C/C=C1/[C@H](O[C@H]2O[C@H](CO)[C@H](O)[C@H](O)[C@@H]2O)OC=C(C(=O)OCCc2ccc(O)cc2)[C@@H]1CC(=O)OC[C@H]1O[C@H](OCCc2ccc(O)cc2)[C@@H](O)[C@H](O)[C@H]1O. The highest BCUT2D eigenvalue weighted by molar-refractivity contribution is 5.91. The molecule has 0 saturated carbocycles. The fraction of sp³-hybridized carbons (Fsp3) is 0.526. The van der Waals surface area contributed by atoms with Crippen molar-refractivity contribution in [1.82, 2.24) is 0 Å². The van der Waals surface area contributed by atoms with Crippen molar-refractivity contribution in [2.45, 2.75) is 93.9 Å². The van der Waals surface area contributed by atoms with Crippen LogP contribution in [0.4, 0.5) is 0 Å². The van der Waals surface area contributed by atoms with E-state index in [1.807, 2.05) is 0 Å². The van der Waals surface area contributed by atoms with Crippen LogP contribution < -0.4 is 0 Å². The monoisotopic (exact) mass is 792 g/mol. The van der Waals surface area contributed by atoms with E-state index < -0.39 is 105 Å². The van der Waals surface area contributed by atoms with E-state index in [9.17, 15) is 55.5 Å². The molecule has 3 aliphatic rings. The molecular formula is C38H48O18. The van der Waals surface area contributed by atoms with Gasteiger partial charge in [-0.3, -0.25) is 4.79 Å². The lowest BCUT2D eigenvalue weighted by Gasteiger charge is -2.42. The number of hydrogen-bond donors (Lipinski definition) is 9. The molecule has 2 saturated heterocycles. The lowest BCUT2D eigenvalue weighted by atomic mass is 9.86. The Morgan fingerprint density at radius 2 is 1.27 bits per heavy atom. The molecule has 0 unspecified atom stereocenters. The summed E-state index contributed by atoms with van der Waals surface area (Å²) in [5.41, 5.74) is 1.62. The van der Waals surface area contributed by atoms with Crippen molar-refractivity contribution in [3.05, 3.63) is 83.1 Å². The molecule has 2 aromatic carbocycles. The Morgan fingerprint density at radius 1 is 0.714 bits per heavy atom. The predicted octanol–water partition coefficient (Wildman–Crippen LogP) is -1.20. The number of aromatic hydroxyl groups is 2. The van der Waals surface area contributed by atoms with E-state index in [1.165, 1.54) is 30.3 Å². The first-order valence-corrected chi connectivity index (χ1v) is 18.0. The summed E-state index contributed by atoms with van der Waals surface area (Å²) in [7, 11) is 0. The summed E-state index contributed by atoms with van der Waals surface area (Å²) in [5, 5.41) is 91.3. The molecule has 0 aliphatic carbocycles. The number of phenolic OH excluding ortho intramolecular Hbond substituents is 2. The van der Waals surface area contributed by atoms with Gasteiger partial charge in [-0.1, -0.05) is 30.3 Å². The first-order chi connectivity index (χ1) is 26.8.